The van der Waals surface area contributed by atoms with Crippen LogP contribution in [0.4, 0.5) is 16.2 Å². The van der Waals surface area contributed by atoms with Gasteiger partial charge >= 0.3 is 6.03 Å². The van der Waals surface area contributed by atoms with Gasteiger partial charge in [0.15, 0.2) is 0 Å². The Bertz CT molecular complexity index is 1160. The van der Waals surface area contributed by atoms with Crippen molar-refractivity contribution in [3.63, 3.8) is 0 Å². The van der Waals surface area contributed by atoms with Crippen molar-refractivity contribution in [1.82, 2.24) is 10.3 Å². The quantitative estimate of drug-likeness (QED) is 0.554. The lowest BCUT2D eigenvalue weighted by atomic mass is 10.1. The standard InChI is InChI=1S/C26H28N4O2S/c1-17-4-6-20(7-5-17)12-13-27-24(31)21-8-10-22(11-9-21)29-26(32)30-14-15-33-25-23(30)18(2)16-19(3)28-25/h4-11,16H,12-15H2,1-3H3,(H,27,31)(H,29,32). The van der Waals surface area contributed by atoms with Gasteiger partial charge in [0.2, 0.25) is 0 Å². The number of hydrogen-bond donors (Lipinski definition) is 2. The van der Waals surface area contributed by atoms with Gasteiger partial charge in [-0.2, -0.15) is 0 Å². The van der Waals surface area contributed by atoms with Crippen LogP contribution in [-0.4, -0.2) is 35.8 Å². The summed E-state index contributed by atoms with van der Waals surface area (Å²) in [6.45, 7) is 7.22. The number of anilines is 2. The van der Waals surface area contributed by atoms with Gasteiger partial charge in [0.05, 0.1) is 5.69 Å². The van der Waals surface area contributed by atoms with Crippen molar-refractivity contribution >= 4 is 35.1 Å². The third-order valence-corrected chi connectivity index (χ3v) is 6.51. The summed E-state index contributed by atoms with van der Waals surface area (Å²) in [7, 11) is 0. The molecule has 33 heavy (non-hydrogen) atoms. The lowest BCUT2D eigenvalue weighted by Crippen LogP contribution is -2.39. The molecule has 0 fully saturated rings. The molecule has 1 aliphatic heterocycles. The first-order chi connectivity index (χ1) is 15.9. The number of carbonyl (C=O) groups is 2. The Balaban J connectivity index is 1.35. The molecule has 1 aliphatic rings. The smallest absolute Gasteiger partial charge is 0.326 e. The van der Waals surface area contributed by atoms with Crippen LogP contribution in [0.25, 0.3) is 0 Å². The topological polar surface area (TPSA) is 74.3 Å². The molecule has 1 aromatic heterocycles. The van der Waals surface area contributed by atoms with Crippen molar-refractivity contribution in [2.24, 2.45) is 0 Å². The summed E-state index contributed by atoms with van der Waals surface area (Å²) < 4.78 is 0. The molecule has 0 radical (unpaired) electrons. The van der Waals surface area contributed by atoms with E-state index in [4.69, 9.17) is 0 Å². The number of urea groups is 1. The van der Waals surface area contributed by atoms with E-state index >= 15 is 0 Å². The maximum atomic E-state index is 13.0. The lowest BCUT2D eigenvalue weighted by molar-refractivity contribution is 0.0954. The zero-order chi connectivity index (χ0) is 23.4. The van der Waals surface area contributed by atoms with Gasteiger partial charge in [-0.05, 0) is 68.7 Å². The summed E-state index contributed by atoms with van der Waals surface area (Å²) in [5, 5.41) is 6.79. The summed E-state index contributed by atoms with van der Waals surface area (Å²) in [6.07, 6.45) is 0.781. The highest BCUT2D eigenvalue weighted by Crippen LogP contribution is 2.36. The molecule has 0 bridgehead atoms. The molecule has 6 nitrogen and oxygen atoms in total. The zero-order valence-corrected chi connectivity index (χ0v) is 20.0. The van der Waals surface area contributed by atoms with Gasteiger partial charge in [-0.25, -0.2) is 9.78 Å². The van der Waals surface area contributed by atoms with Crippen molar-refractivity contribution in [3.05, 3.63) is 82.5 Å². The Morgan fingerprint density at radius 2 is 1.76 bits per heavy atom. The van der Waals surface area contributed by atoms with Crippen LogP contribution in [0.15, 0.2) is 59.6 Å². The number of hydrogen-bond acceptors (Lipinski definition) is 4. The van der Waals surface area contributed by atoms with Crippen molar-refractivity contribution < 1.29 is 9.59 Å². The second-order valence-corrected chi connectivity index (χ2v) is 9.32. The number of nitrogens with zero attached hydrogens (tertiary/aromatic N) is 2. The number of thioether (sulfide) groups is 1. The highest BCUT2D eigenvalue weighted by Gasteiger charge is 2.26. The Hall–Kier alpha value is -3.32. The van der Waals surface area contributed by atoms with E-state index in [1.54, 1.807) is 40.9 Å². The van der Waals surface area contributed by atoms with Crippen molar-refractivity contribution in [1.29, 1.82) is 0 Å². The molecule has 2 heterocycles. The number of carbonyl (C=O) groups excluding carboxylic acids is 2. The number of rotatable bonds is 5. The molecule has 0 unspecified atom stereocenters. The molecule has 3 amide bonds. The second kappa shape index (κ2) is 10.1. The first kappa shape index (κ1) is 22.9. The van der Waals surface area contributed by atoms with Gasteiger partial charge in [-0.3, -0.25) is 9.69 Å². The molecule has 0 saturated heterocycles. The predicted octanol–water partition coefficient (Wildman–Crippen LogP) is 5.12. The van der Waals surface area contributed by atoms with Gasteiger partial charge in [0, 0.05) is 35.8 Å². The minimum Gasteiger partial charge on any atom is -0.352 e. The van der Waals surface area contributed by atoms with Gasteiger partial charge in [0.1, 0.15) is 5.03 Å². The minimum absolute atomic E-state index is 0.126. The molecule has 7 heteroatoms. The van der Waals surface area contributed by atoms with E-state index in [2.05, 4.69) is 46.8 Å². The predicted molar refractivity (Wildman–Crippen MR) is 134 cm³/mol. The fourth-order valence-electron chi connectivity index (χ4n) is 3.85. The van der Waals surface area contributed by atoms with E-state index in [-0.39, 0.29) is 11.9 Å². The summed E-state index contributed by atoms with van der Waals surface area (Å²) >= 11 is 1.68. The SMILES string of the molecule is Cc1ccc(CCNC(=O)c2ccc(NC(=O)N3CCSc4nc(C)cc(C)c43)cc2)cc1. The first-order valence-corrected chi connectivity index (χ1v) is 12.0. The van der Waals surface area contributed by atoms with Gasteiger partial charge in [-0.15, -0.1) is 11.8 Å². The molecule has 4 rings (SSSR count). The largest absolute Gasteiger partial charge is 0.352 e. The maximum absolute atomic E-state index is 13.0. The average Bonchev–Trinajstić information content (AvgIpc) is 2.80. The van der Waals surface area contributed by atoms with Crippen LogP contribution < -0.4 is 15.5 Å². The summed E-state index contributed by atoms with van der Waals surface area (Å²) in [5.74, 6) is 0.678. The van der Waals surface area contributed by atoms with Crippen molar-refractivity contribution in [3.8, 4) is 0 Å². The van der Waals surface area contributed by atoms with Gasteiger partial charge in [-0.1, -0.05) is 29.8 Å². The minimum atomic E-state index is -0.194. The average molecular weight is 461 g/mol. The number of benzene rings is 2. The number of aromatic nitrogens is 1. The summed E-state index contributed by atoms with van der Waals surface area (Å²) in [4.78, 5) is 31.8. The van der Waals surface area contributed by atoms with E-state index in [9.17, 15) is 9.59 Å². The van der Waals surface area contributed by atoms with Crippen LogP contribution in [0, 0.1) is 20.8 Å². The monoisotopic (exact) mass is 460 g/mol. The normalized spacial score (nSPS) is 12.8. The molecule has 170 valence electrons. The Morgan fingerprint density at radius 3 is 2.48 bits per heavy atom. The molecule has 0 atom stereocenters. The third-order valence-electron chi connectivity index (χ3n) is 5.57. The number of pyridine rings is 1. The fraction of sp³-hybridized carbons (Fsp3) is 0.269. The molecule has 0 saturated carbocycles. The van der Waals surface area contributed by atoms with Crippen LogP contribution in [0.3, 0.4) is 0 Å². The number of nitrogens with one attached hydrogen (secondary N) is 2. The fourth-order valence-corrected chi connectivity index (χ4v) is 4.93. The van der Waals surface area contributed by atoms with Crippen molar-refractivity contribution in [2.45, 2.75) is 32.2 Å². The first-order valence-electron chi connectivity index (χ1n) is 11.0. The molecular weight excluding hydrogens is 432 g/mol. The molecule has 2 aromatic carbocycles. The van der Waals surface area contributed by atoms with Gasteiger partial charge < -0.3 is 10.6 Å². The van der Waals surface area contributed by atoms with Crippen molar-refractivity contribution in [2.75, 3.05) is 29.1 Å². The number of amides is 3. The van der Waals surface area contributed by atoms with Crippen LogP contribution >= 0.6 is 11.8 Å². The Kier molecular flexibility index (Phi) is 6.99. The van der Waals surface area contributed by atoms with Crippen LogP contribution in [0.2, 0.25) is 0 Å². The van der Waals surface area contributed by atoms with Crippen LogP contribution in [0.1, 0.15) is 32.7 Å². The van der Waals surface area contributed by atoms with E-state index in [0.717, 1.165) is 34.1 Å². The number of fused-ring (bicyclic) bond motifs is 1. The molecule has 0 spiro atoms. The molecule has 0 aliphatic carbocycles. The molecular formula is C26H28N4O2S. The number of aryl methyl sites for hydroxylation is 3. The van der Waals surface area contributed by atoms with E-state index < -0.39 is 0 Å². The zero-order valence-electron chi connectivity index (χ0n) is 19.1. The van der Waals surface area contributed by atoms with Crippen LogP contribution in [0.5, 0.6) is 0 Å². The van der Waals surface area contributed by atoms with E-state index in [1.807, 2.05) is 19.9 Å². The maximum Gasteiger partial charge on any atom is 0.326 e. The summed E-state index contributed by atoms with van der Waals surface area (Å²) in [6, 6.07) is 17.1. The Morgan fingerprint density at radius 1 is 1.03 bits per heavy atom. The summed E-state index contributed by atoms with van der Waals surface area (Å²) in [5.41, 5.74) is 6.49. The van der Waals surface area contributed by atoms with Crippen LogP contribution in [-0.2, 0) is 6.42 Å². The second-order valence-electron chi connectivity index (χ2n) is 8.23. The molecule has 2 N–H and O–H groups in total. The lowest BCUT2D eigenvalue weighted by Gasteiger charge is -2.30. The van der Waals surface area contributed by atoms with E-state index in [1.165, 1.54) is 11.1 Å². The van der Waals surface area contributed by atoms with Gasteiger partial charge in [0.25, 0.3) is 5.91 Å². The molecule has 3 aromatic rings. The third kappa shape index (κ3) is 5.54. The highest BCUT2D eigenvalue weighted by atomic mass is 32.2. The Labute approximate surface area is 198 Å². The van der Waals surface area contributed by atoms with E-state index in [0.29, 0.717) is 24.3 Å². The highest BCUT2D eigenvalue weighted by molar-refractivity contribution is 7.99.